The smallest absolute Gasteiger partial charge is 0.263 e. The van der Waals surface area contributed by atoms with E-state index in [1.807, 2.05) is 0 Å². The molecule has 1 aromatic carbocycles. The Balaban J connectivity index is 2.10. The van der Waals surface area contributed by atoms with E-state index < -0.39 is 15.8 Å². The second kappa shape index (κ2) is 5.51. The minimum atomic E-state index is -3.93. The van der Waals surface area contributed by atoms with Gasteiger partial charge in [0, 0.05) is 17.8 Å². The molecule has 3 aromatic rings. The van der Waals surface area contributed by atoms with Crippen molar-refractivity contribution >= 4 is 38.3 Å². The van der Waals surface area contributed by atoms with Crippen molar-refractivity contribution in [2.75, 3.05) is 4.72 Å². The van der Waals surface area contributed by atoms with Gasteiger partial charge in [-0.3, -0.25) is 9.71 Å². The van der Waals surface area contributed by atoms with Gasteiger partial charge >= 0.3 is 0 Å². The highest BCUT2D eigenvalue weighted by molar-refractivity contribution is 7.93. The Bertz CT molecular complexity index is 946. The minimum Gasteiger partial charge on any atom is -0.263 e. The van der Waals surface area contributed by atoms with E-state index in [0.717, 1.165) is 6.07 Å². The SMILES string of the molecule is O=S(=O)(Nc1ccc(Cl)cn1)c1ccc(F)c2ncccc12. The third-order valence-electron chi connectivity index (χ3n) is 2.94. The third-order valence-corrected chi connectivity index (χ3v) is 4.57. The van der Waals surface area contributed by atoms with Gasteiger partial charge in [-0.25, -0.2) is 17.8 Å². The lowest BCUT2D eigenvalue weighted by Crippen LogP contribution is -2.14. The lowest BCUT2D eigenvalue weighted by molar-refractivity contribution is 0.601. The molecule has 0 radical (unpaired) electrons. The van der Waals surface area contributed by atoms with Crippen LogP contribution in [0.4, 0.5) is 10.2 Å². The van der Waals surface area contributed by atoms with Crippen molar-refractivity contribution < 1.29 is 12.8 Å². The summed E-state index contributed by atoms with van der Waals surface area (Å²) in [6.45, 7) is 0. The van der Waals surface area contributed by atoms with Crippen LogP contribution in [0.25, 0.3) is 10.9 Å². The molecular formula is C14H9ClFN3O2S. The zero-order valence-electron chi connectivity index (χ0n) is 11.0. The van der Waals surface area contributed by atoms with Crippen LogP contribution >= 0.6 is 11.6 Å². The van der Waals surface area contributed by atoms with Crippen molar-refractivity contribution in [2.24, 2.45) is 0 Å². The first-order valence-corrected chi connectivity index (χ1v) is 8.01. The summed E-state index contributed by atoms with van der Waals surface area (Å²) in [5.74, 6) is -0.468. The summed E-state index contributed by atoms with van der Waals surface area (Å²) >= 11 is 5.71. The molecule has 0 aliphatic rings. The fourth-order valence-electron chi connectivity index (χ4n) is 1.98. The van der Waals surface area contributed by atoms with Gasteiger partial charge in [0.15, 0.2) is 0 Å². The van der Waals surface area contributed by atoms with Crippen molar-refractivity contribution in [3.8, 4) is 0 Å². The number of benzene rings is 1. The lowest BCUT2D eigenvalue weighted by atomic mass is 10.2. The first-order valence-electron chi connectivity index (χ1n) is 6.15. The van der Waals surface area contributed by atoms with E-state index in [-0.39, 0.29) is 21.6 Å². The Morgan fingerprint density at radius 2 is 1.91 bits per heavy atom. The monoisotopic (exact) mass is 337 g/mol. The van der Waals surface area contributed by atoms with Gasteiger partial charge in [0.25, 0.3) is 10.0 Å². The van der Waals surface area contributed by atoms with Crippen LogP contribution in [-0.4, -0.2) is 18.4 Å². The highest BCUT2D eigenvalue weighted by Crippen LogP contribution is 2.25. The van der Waals surface area contributed by atoms with Gasteiger partial charge in [-0.2, -0.15) is 0 Å². The van der Waals surface area contributed by atoms with E-state index in [1.165, 1.54) is 36.7 Å². The normalized spacial score (nSPS) is 11.5. The van der Waals surface area contributed by atoms with Crippen LogP contribution < -0.4 is 4.72 Å². The van der Waals surface area contributed by atoms with Gasteiger partial charge in [-0.1, -0.05) is 11.6 Å². The predicted octanol–water partition coefficient (Wildman–Crippen LogP) is 3.22. The standard InChI is InChI=1S/C14H9ClFN3O2S/c15-9-3-6-13(18-8-9)19-22(20,21)12-5-4-11(16)14-10(12)2-1-7-17-14/h1-8H,(H,18,19). The predicted molar refractivity (Wildman–Crippen MR) is 81.8 cm³/mol. The maximum Gasteiger partial charge on any atom is 0.263 e. The molecule has 2 heterocycles. The third kappa shape index (κ3) is 2.72. The second-order valence-electron chi connectivity index (χ2n) is 4.41. The molecule has 0 unspecified atom stereocenters. The van der Waals surface area contributed by atoms with Crippen molar-refractivity contribution in [3.05, 3.63) is 59.6 Å². The fourth-order valence-corrected chi connectivity index (χ4v) is 3.29. The van der Waals surface area contributed by atoms with Gasteiger partial charge in [0.05, 0.1) is 9.92 Å². The van der Waals surface area contributed by atoms with Crippen molar-refractivity contribution in [3.63, 3.8) is 0 Å². The van der Waals surface area contributed by atoms with E-state index in [9.17, 15) is 12.8 Å². The molecular weight excluding hydrogens is 329 g/mol. The van der Waals surface area contributed by atoms with E-state index in [1.54, 1.807) is 6.07 Å². The van der Waals surface area contributed by atoms with Crippen LogP contribution in [0.15, 0.2) is 53.7 Å². The van der Waals surface area contributed by atoms with Gasteiger partial charge in [-0.05, 0) is 36.4 Å². The van der Waals surface area contributed by atoms with Crippen molar-refractivity contribution in [2.45, 2.75) is 4.90 Å². The van der Waals surface area contributed by atoms with Crippen LogP contribution in [0, 0.1) is 5.82 Å². The van der Waals surface area contributed by atoms with Crippen molar-refractivity contribution in [1.82, 2.24) is 9.97 Å². The highest BCUT2D eigenvalue weighted by Gasteiger charge is 2.19. The second-order valence-corrected chi connectivity index (χ2v) is 6.50. The quantitative estimate of drug-likeness (QED) is 0.796. The van der Waals surface area contributed by atoms with Crippen LogP contribution in [0.3, 0.4) is 0 Å². The van der Waals surface area contributed by atoms with Gasteiger partial charge in [-0.15, -0.1) is 0 Å². The number of nitrogens with zero attached hydrogens (tertiary/aromatic N) is 2. The van der Waals surface area contributed by atoms with Gasteiger partial charge in [0.1, 0.15) is 17.2 Å². The molecule has 0 bridgehead atoms. The van der Waals surface area contributed by atoms with E-state index >= 15 is 0 Å². The number of fused-ring (bicyclic) bond motifs is 1. The van der Waals surface area contributed by atoms with Crippen LogP contribution in [0.1, 0.15) is 0 Å². The molecule has 0 fully saturated rings. The van der Waals surface area contributed by atoms with E-state index in [4.69, 9.17) is 11.6 Å². The first-order chi connectivity index (χ1) is 10.5. The van der Waals surface area contributed by atoms with Gasteiger partial charge in [0.2, 0.25) is 0 Å². The molecule has 0 amide bonds. The first kappa shape index (κ1) is 14.7. The Morgan fingerprint density at radius 3 is 2.64 bits per heavy atom. The van der Waals surface area contributed by atoms with Crippen LogP contribution in [0.5, 0.6) is 0 Å². The summed E-state index contributed by atoms with van der Waals surface area (Å²) in [5.41, 5.74) is -0.00515. The fraction of sp³-hybridized carbons (Fsp3) is 0. The number of anilines is 1. The molecule has 0 aliphatic heterocycles. The molecule has 112 valence electrons. The topological polar surface area (TPSA) is 72.0 Å². The Kier molecular flexibility index (Phi) is 3.67. The molecule has 0 spiro atoms. The summed E-state index contributed by atoms with van der Waals surface area (Å²) in [6.07, 6.45) is 2.72. The van der Waals surface area contributed by atoms with Gasteiger partial charge < -0.3 is 0 Å². The summed E-state index contributed by atoms with van der Waals surface area (Å²) in [7, 11) is -3.93. The number of sulfonamides is 1. The number of hydrogen-bond donors (Lipinski definition) is 1. The van der Waals surface area contributed by atoms with Crippen molar-refractivity contribution in [1.29, 1.82) is 0 Å². The number of nitrogens with one attached hydrogen (secondary N) is 1. The Morgan fingerprint density at radius 1 is 1.09 bits per heavy atom. The maximum atomic E-state index is 13.7. The Labute approximate surface area is 130 Å². The molecule has 8 heteroatoms. The molecule has 0 aliphatic carbocycles. The number of halogens is 2. The largest absolute Gasteiger partial charge is 0.263 e. The minimum absolute atomic E-state index is 0.00515. The van der Waals surface area contributed by atoms with E-state index in [2.05, 4.69) is 14.7 Å². The molecule has 0 saturated carbocycles. The number of rotatable bonds is 3. The molecule has 22 heavy (non-hydrogen) atoms. The van der Waals surface area contributed by atoms with Crippen LogP contribution in [-0.2, 0) is 10.0 Å². The molecule has 2 aromatic heterocycles. The molecule has 1 N–H and O–H groups in total. The average molecular weight is 338 g/mol. The number of aromatic nitrogens is 2. The van der Waals surface area contributed by atoms with E-state index in [0.29, 0.717) is 5.02 Å². The molecule has 0 saturated heterocycles. The summed E-state index contributed by atoms with van der Waals surface area (Å²) in [5, 5.41) is 0.586. The summed E-state index contributed by atoms with van der Waals surface area (Å²) in [4.78, 5) is 7.67. The molecule has 5 nitrogen and oxygen atoms in total. The summed E-state index contributed by atoms with van der Waals surface area (Å²) in [6, 6.07) is 8.24. The number of pyridine rings is 2. The zero-order chi connectivity index (χ0) is 15.7. The highest BCUT2D eigenvalue weighted by atomic mass is 35.5. The Hall–Kier alpha value is -2.25. The maximum absolute atomic E-state index is 13.7. The lowest BCUT2D eigenvalue weighted by Gasteiger charge is -2.10. The molecule has 3 rings (SSSR count). The average Bonchev–Trinajstić information content (AvgIpc) is 2.50. The van der Waals surface area contributed by atoms with Crippen LogP contribution in [0.2, 0.25) is 5.02 Å². The number of hydrogen-bond acceptors (Lipinski definition) is 4. The summed E-state index contributed by atoms with van der Waals surface area (Å²) < 4.78 is 41.0. The zero-order valence-corrected chi connectivity index (χ0v) is 12.6. The molecule has 0 atom stereocenters.